The summed E-state index contributed by atoms with van der Waals surface area (Å²) in [5.41, 5.74) is 0.944. The molecule has 1 atom stereocenters. The molecule has 1 heterocycles. The number of benzene rings is 2. The summed E-state index contributed by atoms with van der Waals surface area (Å²) >= 11 is 0. The zero-order valence-electron chi connectivity index (χ0n) is 16.3. The Hall–Kier alpha value is -3.22. The Morgan fingerprint density at radius 1 is 1.03 bits per heavy atom. The third-order valence-electron chi connectivity index (χ3n) is 5.74. The van der Waals surface area contributed by atoms with E-state index in [4.69, 9.17) is 0 Å². The van der Waals surface area contributed by atoms with Gasteiger partial charge in [0.05, 0.1) is 6.04 Å². The SMILES string of the molecule is C[C@H](NC(=O)CN1C(=O)C(=O)N(C2CCCC2)C1=O)c1cccc2ccccc12. The van der Waals surface area contributed by atoms with Gasteiger partial charge in [-0.15, -0.1) is 0 Å². The lowest BCUT2D eigenvalue weighted by Crippen LogP contribution is -2.43. The summed E-state index contributed by atoms with van der Waals surface area (Å²) in [5.74, 6) is -2.22. The Bertz CT molecular complexity index is 991. The van der Waals surface area contributed by atoms with Crippen molar-refractivity contribution in [1.82, 2.24) is 15.1 Å². The number of nitrogens with one attached hydrogen (secondary N) is 1. The molecule has 0 radical (unpaired) electrons. The van der Waals surface area contributed by atoms with Crippen molar-refractivity contribution in [3.63, 3.8) is 0 Å². The maximum absolute atomic E-state index is 12.6. The molecule has 4 rings (SSSR count). The van der Waals surface area contributed by atoms with Gasteiger partial charge in [-0.2, -0.15) is 0 Å². The highest BCUT2D eigenvalue weighted by molar-refractivity contribution is 6.45. The smallest absolute Gasteiger partial charge is 0.334 e. The van der Waals surface area contributed by atoms with Crippen molar-refractivity contribution in [3.05, 3.63) is 48.0 Å². The van der Waals surface area contributed by atoms with E-state index >= 15 is 0 Å². The quantitative estimate of drug-likeness (QED) is 0.625. The number of fused-ring (bicyclic) bond motifs is 1. The molecule has 1 saturated carbocycles. The molecule has 0 unspecified atom stereocenters. The van der Waals surface area contributed by atoms with Crippen molar-refractivity contribution in [3.8, 4) is 0 Å². The van der Waals surface area contributed by atoms with E-state index < -0.39 is 30.3 Å². The van der Waals surface area contributed by atoms with Crippen LogP contribution in [-0.4, -0.2) is 46.1 Å². The Kier molecular flexibility index (Phi) is 5.05. The monoisotopic (exact) mass is 393 g/mol. The van der Waals surface area contributed by atoms with Crippen LogP contribution in [0.1, 0.15) is 44.2 Å². The van der Waals surface area contributed by atoms with E-state index in [1.165, 1.54) is 0 Å². The molecule has 0 spiro atoms. The fourth-order valence-electron chi connectivity index (χ4n) is 4.28. The Morgan fingerprint density at radius 3 is 2.48 bits per heavy atom. The minimum Gasteiger partial charge on any atom is -0.348 e. The first-order valence-corrected chi connectivity index (χ1v) is 9.93. The summed E-state index contributed by atoms with van der Waals surface area (Å²) in [6.45, 7) is 1.39. The molecule has 1 saturated heterocycles. The predicted octanol–water partition coefficient (Wildman–Crippen LogP) is 2.75. The third kappa shape index (κ3) is 3.48. The fraction of sp³-hybridized carbons (Fsp3) is 0.364. The van der Waals surface area contributed by atoms with Crippen molar-refractivity contribution in [2.45, 2.75) is 44.7 Å². The lowest BCUT2D eigenvalue weighted by molar-refractivity contribution is -0.144. The van der Waals surface area contributed by atoms with Crippen LogP contribution >= 0.6 is 0 Å². The molecular weight excluding hydrogens is 370 g/mol. The van der Waals surface area contributed by atoms with Crippen molar-refractivity contribution < 1.29 is 19.2 Å². The molecule has 2 fully saturated rings. The Labute approximate surface area is 168 Å². The molecular formula is C22H23N3O4. The van der Waals surface area contributed by atoms with Gasteiger partial charge < -0.3 is 5.32 Å². The minimum absolute atomic E-state index is 0.235. The van der Waals surface area contributed by atoms with Gasteiger partial charge in [-0.05, 0) is 36.1 Å². The molecule has 2 aromatic carbocycles. The predicted molar refractivity (Wildman–Crippen MR) is 107 cm³/mol. The van der Waals surface area contributed by atoms with Gasteiger partial charge in [-0.3, -0.25) is 19.3 Å². The van der Waals surface area contributed by atoms with Crippen LogP contribution < -0.4 is 5.32 Å². The zero-order valence-corrected chi connectivity index (χ0v) is 16.3. The summed E-state index contributed by atoms with van der Waals surface area (Å²) in [4.78, 5) is 51.5. The van der Waals surface area contributed by atoms with Crippen LogP contribution in [0.25, 0.3) is 10.8 Å². The number of hydrogen-bond acceptors (Lipinski definition) is 4. The topological polar surface area (TPSA) is 86.8 Å². The first kappa shape index (κ1) is 19.1. The molecule has 7 nitrogen and oxygen atoms in total. The van der Waals surface area contributed by atoms with Gasteiger partial charge in [0.1, 0.15) is 6.54 Å². The average molecular weight is 393 g/mol. The summed E-state index contributed by atoms with van der Waals surface area (Å²) in [5, 5.41) is 4.93. The number of hydrogen-bond donors (Lipinski definition) is 1. The summed E-state index contributed by atoms with van der Waals surface area (Å²) in [6, 6.07) is 12.5. The summed E-state index contributed by atoms with van der Waals surface area (Å²) in [7, 11) is 0. The van der Waals surface area contributed by atoms with Crippen LogP contribution in [0.15, 0.2) is 42.5 Å². The van der Waals surface area contributed by atoms with E-state index in [2.05, 4.69) is 5.32 Å². The maximum Gasteiger partial charge on any atom is 0.334 e. The zero-order chi connectivity index (χ0) is 20.5. The van der Waals surface area contributed by atoms with Gasteiger partial charge in [0.2, 0.25) is 5.91 Å². The number of amides is 5. The van der Waals surface area contributed by atoms with Crippen LogP contribution in [-0.2, 0) is 14.4 Å². The highest BCUT2D eigenvalue weighted by atomic mass is 16.2. The van der Waals surface area contributed by atoms with Crippen LogP contribution in [0, 0.1) is 0 Å². The number of urea groups is 1. The molecule has 5 amide bonds. The molecule has 2 aliphatic rings. The maximum atomic E-state index is 12.6. The van der Waals surface area contributed by atoms with Crippen LogP contribution in [0.5, 0.6) is 0 Å². The molecule has 7 heteroatoms. The number of nitrogens with zero attached hydrogens (tertiary/aromatic N) is 2. The third-order valence-corrected chi connectivity index (χ3v) is 5.74. The summed E-state index contributed by atoms with van der Waals surface area (Å²) < 4.78 is 0. The summed E-state index contributed by atoms with van der Waals surface area (Å²) in [6.07, 6.45) is 3.28. The largest absolute Gasteiger partial charge is 0.348 e. The number of imide groups is 2. The fourth-order valence-corrected chi connectivity index (χ4v) is 4.28. The second-order valence-electron chi connectivity index (χ2n) is 7.64. The molecule has 150 valence electrons. The second kappa shape index (κ2) is 7.66. The number of rotatable bonds is 5. The lowest BCUT2D eigenvalue weighted by atomic mass is 10.00. The first-order valence-electron chi connectivity index (χ1n) is 9.93. The first-order chi connectivity index (χ1) is 14.0. The molecule has 0 aromatic heterocycles. The normalized spacial score (nSPS) is 18.7. The molecule has 1 aliphatic carbocycles. The average Bonchev–Trinajstić information content (AvgIpc) is 3.31. The highest BCUT2D eigenvalue weighted by Crippen LogP contribution is 2.28. The molecule has 29 heavy (non-hydrogen) atoms. The second-order valence-corrected chi connectivity index (χ2v) is 7.64. The Morgan fingerprint density at radius 2 is 1.72 bits per heavy atom. The van der Waals surface area contributed by atoms with E-state index in [9.17, 15) is 19.2 Å². The standard InChI is InChI=1S/C22H23N3O4/c1-14(17-12-6-8-15-7-2-5-11-18(15)17)23-19(26)13-24-20(27)21(28)25(22(24)29)16-9-3-4-10-16/h2,5-8,11-12,14,16H,3-4,9-10,13H2,1H3,(H,23,26)/t14-/m0/s1. The van der Waals surface area contributed by atoms with E-state index in [0.717, 1.165) is 39.0 Å². The van der Waals surface area contributed by atoms with E-state index in [1.54, 1.807) is 0 Å². The highest BCUT2D eigenvalue weighted by Gasteiger charge is 2.48. The number of carbonyl (C=O) groups is 4. The number of carbonyl (C=O) groups excluding carboxylic acids is 4. The van der Waals surface area contributed by atoms with Gasteiger partial charge in [0.25, 0.3) is 0 Å². The molecule has 1 N–H and O–H groups in total. The van der Waals surface area contributed by atoms with Gasteiger partial charge >= 0.3 is 17.8 Å². The van der Waals surface area contributed by atoms with Gasteiger partial charge in [-0.1, -0.05) is 55.3 Å². The molecule has 0 bridgehead atoms. The van der Waals surface area contributed by atoms with Gasteiger partial charge in [0, 0.05) is 6.04 Å². The van der Waals surface area contributed by atoms with Crippen molar-refractivity contribution in [2.75, 3.05) is 6.54 Å². The lowest BCUT2D eigenvalue weighted by Gasteiger charge is -2.21. The van der Waals surface area contributed by atoms with Crippen molar-refractivity contribution in [1.29, 1.82) is 0 Å². The van der Waals surface area contributed by atoms with E-state index in [0.29, 0.717) is 12.8 Å². The minimum atomic E-state index is -0.921. The van der Waals surface area contributed by atoms with E-state index in [-0.39, 0.29) is 12.1 Å². The molecule has 1 aliphatic heterocycles. The van der Waals surface area contributed by atoms with Crippen molar-refractivity contribution >= 4 is 34.5 Å². The van der Waals surface area contributed by atoms with Crippen LogP contribution in [0.3, 0.4) is 0 Å². The van der Waals surface area contributed by atoms with E-state index in [1.807, 2.05) is 49.4 Å². The molecule has 2 aromatic rings. The van der Waals surface area contributed by atoms with Gasteiger partial charge in [-0.25, -0.2) is 9.69 Å². The van der Waals surface area contributed by atoms with Gasteiger partial charge in [0.15, 0.2) is 0 Å². The Balaban J connectivity index is 1.46. The van der Waals surface area contributed by atoms with Crippen LogP contribution in [0.2, 0.25) is 0 Å². The van der Waals surface area contributed by atoms with Crippen LogP contribution in [0.4, 0.5) is 4.79 Å². The van der Waals surface area contributed by atoms with Crippen molar-refractivity contribution in [2.24, 2.45) is 0 Å².